The molecule has 0 unspecified atom stereocenters. The molecular formula is C18H22N2O2. The second-order valence-electron chi connectivity index (χ2n) is 5.30. The first-order chi connectivity index (χ1) is 10.6. The maximum Gasteiger partial charge on any atom is 0.239 e. The fourth-order valence-electron chi connectivity index (χ4n) is 2.11. The second kappa shape index (κ2) is 7.50. The molecule has 0 aromatic heterocycles. The van der Waals surface area contributed by atoms with E-state index in [2.05, 4.69) is 16.7 Å². The Morgan fingerprint density at radius 1 is 1.09 bits per heavy atom. The van der Waals surface area contributed by atoms with Crippen molar-refractivity contribution in [3.63, 3.8) is 0 Å². The van der Waals surface area contributed by atoms with Gasteiger partial charge in [-0.05, 0) is 48.7 Å². The molecule has 1 amide bonds. The van der Waals surface area contributed by atoms with E-state index in [1.807, 2.05) is 50.2 Å². The Bertz CT molecular complexity index is 636. The molecule has 0 spiro atoms. The number of hydrogen-bond acceptors (Lipinski definition) is 3. The summed E-state index contributed by atoms with van der Waals surface area (Å²) >= 11 is 0. The zero-order valence-corrected chi connectivity index (χ0v) is 13.3. The predicted octanol–water partition coefficient (Wildman–Crippen LogP) is 3.04. The predicted molar refractivity (Wildman–Crippen MR) is 89.2 cm³/mol. The lowest BCUT2D eigenvalue weighted by Gasteiger charge is -2.11. The Morgan fingerprint density at radius 3 is 2.50 bits per heavy atom. The molecule has 4 heteroatoms. The van der Waals surface area contributed by atoms with Crippen molar-refractivity contribution in [1.82, 2.24) is 5.32 Å². The van der Waals surface area contributed by atoms with Crippen LogP contribution in [0.5, 0.6) is 5.75 Å². The van der Waals surface area contributed by atoms with Gasteiger partial charge in [0.25, 0.3) is 0 Å². The van der Waals surface area contributed by atoms with Gasteiger partial charge in [0.2, 0.25) is 5.91 Å². The summed E-state index contributed by atoms with van der Waals surface area (Å²) in [6.07, 6.45) is 0. The highest BCUT2D eigenvalue weighted by atomic mass is 16.5. The number of ether oxygens (including phenoxy) is 1. The van der Waals surface area contributed by atoms with Crippen LogP contribution >= 0.6 is 0 Å². The van der Waals surface area contributed by atoms with Gasteiger partial charge in [-0.25, -0.2) is 0 Å². The van der Waals surface area contributed by atoms with E-state index in [0.717, 1.165) is 22.6 Å². The molecule has 0 aliphatic carbocycles. The van der Waals surface area contributed by atoms with E-state index >= 15 is 0 Å². The van der Waals surface area contributed by atoms with Gasteiger partial charge in [0.15, 0.2) is 0 Å². The maximum absolute atomic E-state index is 11.9. The molecule has 0 aliphatic heterocycles. The zero-order chi connectivity index (χ0) is 15.9. The molecule has 0 saturated carbocycles. The third kappa shape index (κ3) is 4.52. The Morgan fingerprint density at radius 2 is 1.82 bits per heavy atom. The van der Waals surface area contributed by atoms with Crippen LogP contribution in [0.3, 0.4) is 0 Å². The van der Waals surface area contributed by atoms with Gasteiger partial charge < -0.3 is 15.4 Å². The summed E-state index contributed by atoms with van der Waals surface area (Å²) in [6, 6.07) is 13.8. The van der Waals surface area contributed by atoms with Crippen molar-refractivity contribution >= 4 is 11.6 Å². The lowest BCUT2D eigenvalue weighted by Crippen LogP contribution is -2.29. The summed E-state index contributed by atoms with van der Waals surface area (Å²) in [6.45, 7) is 4.84. The number of nitrogens with one attached hydrogen (secondary N) is 2. The van der Waals surface area contributed by atoms with Crippen LogP contribution < -0.4 is 15.4 Å². The van der Waals surface area contributed by atoms with Gasteiger partial charge in [-0.2, -0.15) is 0 Å². The van der Waals surface area contributed by atoms with Crippen LogP contribution in [0.25, 0.3) is 0 Å². The third-order valence-electron chi connectivity index (χ3n) is 3.48. The van der Waals surface area contributed by atoms with E-state index in [0.29, 0.717) is 6.54 Å². The minimum Gasteiger partial charge on any atom is -0.497 e. The number of benzene rings is 2. The molecule has 0 heterocycles. The number of hydrogen-bond donors (Lipinski definition) is 2. The highest BCUT2D eigenvalue weighted by Crippen LogP contribution is 2.15. The summed E-state index contributed by atoms with van der Waals surface area (Å²) in [7, 11) is 1.63. The monoisotopic (exact) mass is 298 g/mol. The van der Waals surface area contributed by atoms with Crippen LogP contribution in [0.4, 0.5) is 5.69 Å². The van der Waals surface area contributed by atoms with Gasteiger partial charge in [0.05, 0.1) is 13.7 Å². The zero-order valence-electron chi connectivity index (χ0n) is 13.3. The smallest absolute Gasteiger partial charge is 0.239 e. The minimum atomic E-state index is -0.0308. The molecule has 22 heavy (non-hydrogen) atoms. The lowest BCUT2D eigenvalue weighted by molar-refractivity contribution is -0.119. The second-order valence-corrected chi connectivity index (χ2v) is 5.30. The van der Waals surface area contributed by atoms with E-state index < -0.39 is 0 Å². The van der Waals surface area contributed by atoms with E-state index in [4.69, 9.17) is 4.74 Å². The molecule has 116 valence electrons. The molecule has 4 nitrogen and oxygen atoms in total. The number of carbonyl (C=O) groups excluding carboxylic acids is 1. The summed E-state index contributed by atoms with van der Waals surface area (Å²) in [5, 5.41) is 6.07. The van der Waals surface area contributed by atoms with Gasteiger partial charge in [-0.15, -0.1) is 0 Å². The normalized spacial score (nSPS) is 10.1. The van der Waals surface area contributed by atoms with Gasteiger partial charge in [0.1, 0.15) is 5.75 Å². The van der Waals surface area contributed by atoms with Crippen molar-refractivity contribution in [3.8, 4) is 5.75 Å². The third-order valence-corrected chi connectivity index (χ3v) is 3.48. The summed E-state index contributed by atoms with van der Waals surface area (Å²) in [5.41, 5.74) is 4.35. The summed E-state index contributed by atoms with van der Waals surface area (Å²) < 4.78 is 5.11. The molecular weight excluding hydrogens is 276 g/mol. The van der Waals surface area contributed by atoms with Crippen molar-refractivity contribution in [2.24, 2.45) is 0 Å². The van der Waals surface area contributed by atoms with Crippen LogP contribution in [0, 0.1) is 13.8 Å². The fraction of sp³-hybridized carbons (Fsp3) is 0.278. The Labute approximate surface area is 131 Å². The van der Waals surface area contributed by atoms with Crippen molar-refractivity contribution in [2.75, 3.05) is 19.0 Å². The Hall–Kier alpha value is -2.49. The van der Waals surface area contributed by atoms with Gasteiger partial charge in [-0.3, -0.25) is 4.79 Å². The average Bonchev–Trinajstić information content (AvgIpc) is 2.54. The van der Waals surface area contributed by atoms with Gasteiger partial charge in [-0.1, -0.05) is 24.3 Å². The number of rotatable bonds is 6. The van der Waals surface area contributed by atoms with Crippen LogP contribution in [0.15, 0.2) is 42.5 Å². The molecule has 0 saturated heterocycles. The standard InChI is InChI=1S/C18H22N2O2/c1-13-4-5-14(2)17(10-13)19-12-18(21)20-11-15-6-8-16(22-3)9-7-15/h4-10,19H,11-12H2,1-3H3,(H,20,21). The molecule has 0 bridgehead atoms. The van der Waals surface area contributed by atoms with Gasteiger partial charge in [0, 0.05) is 12.2 Å². The SMILES string of the molecule is COc1ccc(CNC(=O)CNc2cc(C)ccc2C)cc1. The molecule has 0 atom stereocenters. The summed E-state index contributed by atoms with van der Waals surface area (Å²) in [5.74, 6) is 0.781. The van der Waals surface area contributed by atoms with Crippen LogP contribution in [0.1, 0.15) is 16.7 Å². The van der Waals surface area contributed by atoms with Crippen LogP contribution in [-0.4, -0.2) is 19.6 Å². The first-order valence-corrected chi connectivity index (χ1v) is 7.29. The van der Waals surface area contributed by atoms with Crippen molar-refractivity contribution < 1.29 is 9.53 Å². The van der Waals surface area contributed by atoms with Crippen LogP contribution in [-0.2, 0) is 11.3 Å². The fourth-order valence-corrected chi connectivity index (χ4v) is 2.11. The highest BCUT2D eigenvalue weighted by Gasteiger charge is 2.03. The first-order valence-electron chi connectivity index (χ1n) is 7.29. The largest absolute Gasteiger partial charge is 0.497 e. The Balaban J connectivity index is 1.81. The number of carbonyl (C=O) groups is 1. The lowest BCUT2D eigenvalue weighted by atomic mass is 10.1. The molecule has 0 radical (unpaired) electrons. The van der Waals surface area contributed by atoms with Gasteiger partial charge >= 0.3 is 0 Å². The Kier molecular flexibility index (Phi) is 5.42. The van der Waals surface area contributed by atoms with Crippen molar-refractivity contribution in [1.29, 1.82) is 0 Å². The molecule has 2 aromatic carbocycles. The number of anilines is 1. The topological polar surface area (TPSA) is 50.4 Å². The molecule has 2 rings (SSSR count). The number of methoxy groups -OCH3 is 1. The minimum absolute atomic E-state index is 0.0308. The van der Waals surface area contributed by atoms with Crippen molar-refractivity contribution in [3.05, 3.63) is 59.2 Å². The highest BCUT2D eigenvalue weighted by molar-refractivity contribution is 5.81. The van der Waals surface area contributed by atoms with E-state index in [1.165, 1.54) is 5.56 Å². The molecule has 0 aliphatic rings. The molecule has 2 N–H and O–H groups in total. The van der Waals surface area contributed by atoms with E-state index in [9.17, 15) is 4.79 Å². The van der Waals surface area contributed by atoms with Crippen LogP contribution in [0.2, 0.25) is 0 Å². The average molecular weight is 298 g/mol. The number of amides is 1. The molecule has 2 aromatic rings. The van der Waals surface area contributed by atoms with E-state index in [1.54, 1.807) is 7.11 Å². The number of aryl methyl sites for hydroxylation is 2. The first kappa shape index (κ1) is 15.9. The molecule has 0 fully saturated rings. The maximum atomic E-state index is 11.9. The van der Waals surface area contributed by atoms with E-state index in [-0.39, 0.29) is 12.5 Å². The summed E-state index contributed by atoms with van der Waals surface area (Å²) in [4.78, 5) is 11.9. The van der Waals surface area contributed by atoms with Crippen molar-refractivity contribution in [2.45, 2.75) is 20.4 Å². The quantitative estimate of drug-likeness (QED) is 0.862.